The Morgan fingerprint density at radius 1 is 1.40 bits per heavy atom. The molecule has 0 bridgehead atoms. The number of hydrogen-bond acceptors (Lipinski definition) is 2. The van der Waals surface area contributed by atoms with Crippen molar-refractivity contribution in [3.05, 3.63) is 51.0 Å². The summed E-state index contributed by atoms with van der Waals surface area (Å²) in [6.45, 7) is 1.93. The highest BCUT2D eigenvalue weighted by atomic mass is 35.5. The van der Waals surface area contributed by atoms with Crippen molar-refractivity contribution in [2.75, 3.05) is 0 Å². The van der Waals surface area contributed by atoms with E-state index in [0.29, 0.717) is 17.1 Å². The quantitative estimate of drug-likeness (QED) is 0.803. The van der Waals surface area contributed by atoms with Gasteiger partial charge in [0.2, 0.25) is 0 Å². The first-order valence-electron chi connectivity index (χ1n) is 6.12. The smallest absolute Gasteiger partial charge is 0.171 e. The molecule has 1 aromatic carbocycles. The molecule has 0 atom stereocenters. The Labute approximate surface area is 126 Å². The van der Waals surface area contributed by atoms with Gasteiger partial charge in [0.1, 0.15) is 5.82 Å². The number of Topliss-reactive ketones (excluding diaryl/α,β-unsaturated/α-hetero) is 1. The molecule has 0 fully saturated rings. The first kappa shape index (κ1) is 15.0. The van der Waals surface area contributed by atoms with Gasteiger partial charge in [0.15, 0.2) is 5.78 Å². The minimum Gasteiger partial charge on any atom is -0.294 e. The number of ketones is 1. The molecule has 0 aliphatic carbocycles. The Kier molecular flexibility index (Phi) is 4.45. The van der Waals surface area contributed by atoms with E-state index in [-0.39, 0.29) is 22.8 Å². The summed E-state index contributed by atoms with van der Waals surface area (Å²) in [5, 5.41) is 4.96. The van der Waals surface area contributed by atoms with E-state index in [2.05, 4.69) is 5.10 Å². The van der Waals surface area contributed by atoms with Gasteiger partial charge < -0.3 is 0 Å². The number of halogens is 3. The minimum atomic E-state index is -0.628. The van der Waals surface area contributed by atoms with Gasteiger partial charge in [0, 0.05) is 12.1 Å². The first-order valence-corrected chi connectivity index (χ1v) is 6.88. The zero-order chi connectivity index (χ0) is 14.9. The van der Waals surface area contributed by atoms with E-state index in [1.165, 1.54) is 12.1 Å². The molecule has 0 spiro atoms. The highest BCUT2D eigenvalue weighted by molar-refractivity contribution is 6.32. The van der Waals surface area contributed by atoms with E-state index in [4.69, 9.17) is 23.2 Å². The average Bonchev–Trinajstić information content (AvgIpc) is 2.66. The van der Waals surface area contributed by atoms with Crippen LogP contribution in [0.25, 0.3) is 0 Å². The number of carbonyl (C=O) groups excluding carboxylic acids is 1. The van der Waals surface area contributed by atoms with Crippen molar-refractivity contribution in [3.63, 3.8) is 0 Å². The summed E-state index contributed by atoms with van der Waals surface area (Å²) in [7, 11) is 1.71. The fraction of sp³-hybridized carbons (Fsp3) is 0.286. The Bertz CT molecular complexity index is 667. The van der Waals surface area contributed by atoms with Gasteiger partial charge >= 0.3 is 0 Å². The van der Waals surface area contributed by atoms with Gasteiger partial charge in [-0.25, -0.2) is 4.39 Å². The fourth-order valence-corrected chi connectivity index (χ4v) is 2.49. The Morgan fingerprint density at radius 3 is 2.65 bits per heavy atom. The van der Waals surface area contributed by atoms with Crippen molar-refractivity contribution in [2.45, 2.75) is 19.8 Å². The van der Waals surface area contributed by atoms with Crippen molar-refractivity contribution in [2.24, 2.45) is 7.05 Å². The topological polar surface area (TPSA) is 34.9 Å². The van der Waals surface area contributed by atoms with Crippen molar-refractivity contribution in [1.29, 1.82) is 0 Å². The third-order valence-electron chi connectivity index (χ3n) is 3.06. The standard InChI is InChI=1S/C14H13Cl2FN2O/c1-3-11-14(16)12(19(2)18-11)7-13(20)9-5-4-8(15)6-10(9)17/h4-6H,3,7H2,1-2H3. The van der Waals surface area contributed by atoms with Gasteiger partial charge in [-0.05, 0) is 24.6 Å². The molecule has 6 heteroatoms. The van der Waals surface area contributed by atoms with Gasteiger partial charge in [-0.2, -0.15) is 5.10 Å². The molecule has 0 saturated carbocycles. The Hall–Kier alpha value is -1.39. The van der Waals surface area contributed by atoms with E-state index in [9.17, 15) is 9.18 Å². The van der Waals surface area contributed by atoms with Gasteiger partial charge in [-0.3, -0.25) is 9.48 Å². The lowest BCUT2D eigenvalue weighted by Crippen LogP contribution is -2.10. The van der Waals surface area contributed by atoms with Crippen LogP contribution in [0.4, 0.5) is 4.39 Å². The lowest BCUT2D eigenvalue weighted by atomic mass is 10.1. The van der Waals surface area contributed by atoms with E-state index < -0.39 is 5.82 Å². The second-order valence-corrected chi connectivity index (χ2v) is 5.22. The molecular weight excluding hydrogens is 302 g/mol. The summed E-state index contributed by atoms with van der Waals surface area (Å²) in [6, 6.07) is 3.99. The molecule has 0 saturated heterocycles. The predicted octanol–water partition coefficient (Wildman–Crippen LogP) is 3.85. The monoisotopic (exact) mass is 314 g/mol. The highest BCUT2D eigenvalue weighted by Gasteiger charge is 2.19. The Morgan fingerprint density at radius 2 is 2.10 bits per heavy atom. The molecule has 1 heterocycles. The van der Waals surface area contributed by atoms with Crippen molar-refractivity contribution >= 4 is 29.0 Å². The summed E-state index contributed by atoms with van der Waals surface area (Å²) >= 11 is 11.8. The van der Waals surface area contributed by atoms with Crippen molar-refractivity contribution in [3.8, 4) is 0 Å². The minimum absolute atomic E-state index is 0.000879. The molecule has 0 radical (unpaired) electrons. The normalized spacial score (nSPS) is 10.8. The number of aryl methyl sites for hydroxylation is 2. The van der Waals surface area contributed by atoms with Crippen LogP contribution in [0.2, 0.25) is 10.0 Å². The molecule has 0 N–H and O–H groups in total. The van der Waals surface area contributed by atoms with Crippen LogP contribution in [0.3, 0.4) is 0 Å². The Balaban J connectivity index is 2.30. The molecule has 0 aliphatic rings. The molecule has 106 valence electrons. The molecule has 3 nitrogen and oxygen atoms in total. The summed E-state index contributed by atoms with van der Waals surface area (Å²) < 4.78 is 15.3. The lowest BCUT2D eigenvalue weighted by Gasteiger charge is -2.04. The number of carbonyl (C=O) groups is 1. The van der Waals surface area contributed by atoms with Crippen LogP contribution in [0.15, 0.2) is 18.2 Å². The summed E-state index contributed by atoms with van der Waals surface area (Å²) in [6.07, 6.45) is 0.678. The van der Waals surface area contributed by atoms with Crippen LogP contribution in [-0.4, -0.2) is 15.6 Å². The van der Waals surface area contributed by atoms with E-state index in [1.54, 1.807) is 11.7 Å². The number of aromatic nitrogens is 2. The number of nitrogens with zero attached hydrogens (tertiary/aromatic N) is 2. The first-order chi connectivity index (χ1) is 9.43. The fourth-order valence-electron chi connectivity index (χ4n) is 1.97. The maximum atomic E-state index is 13.7. The lowest BCUT2D eigenvalue weighted by molar-refractivity contribution is 0.0987. The molecule has 0 amide bonds. The van der Waals surface area contributed by atoms with Gasteiger partial charge in [-0.1, -0.05) is 30.1 Å². The third-order valence-corrected chi connectivity index (χ3v) is 3.73. The van der Waals surface area contributed by atoms with Crippen LogP contribution in [0.5, 0.6) is 0 Å². The molecule has 2 rings (SSSR count). The molecule has 2 aromatic rings. The van der Waals surface area contributed by atoms with Crippen LogP contribution >= 0.6 is 23.2 Å². The van der Waals surface area contributed by atoms with Crippen LogP contribution in [-0.2, 0) is 19.9 Å². The molecule has 20 heavy (non-hydrogen) atoms. The second-order valence-electron chi connectivity index (χ2n) is 4.41. The van der Waals surface area contributed by atoms with Crippen molar-refractivity contribution < 1.29 is 9.18 Å². The van der Waals surface area contributed by atoms with E-state index in [1.807, 2.05) is 6.92 Å². The van der Waals surface area contributed by atoms with E-state index >= 15 is 0 Å². The highest BCUT2D eigenvalue weighted by Crippen LogP contribution is 2.23. The molecule has 0 unspecified atom stereocenters. The van der Waals surface area contributed by atoms with Gasteiger partial charge in [0.25, 0.3) is 0 Å². The maximum absolute atomic E-state index is 13.7. The second kappa shape index (κ2) is 5.94. The average molecular weight is 315 g/mol. The predicted molar refractivity (Wildman–Crippen MR) is 77.0 cm³/mol. The summed E-state index contributed by atoms with van der Waals surface area (Å²) in [5.74, 6) is -0.983. The number of benzene rings is 1. The third kappa shape index (κ3) is 2.86. The number of rotatable bonds is 4. The zero-order valence-corrected chi connectivity index (χ0v) is 12.6. The molecular formula is C14H13Cl2FN2O. The van der Waals surface area contributed by atoms with Crippen LogP contribution in [0, 0.1) is 5.82 Å². The van der Waals surface area contributed by atoms with Gasteiger partial charge in [-0.15, -0.1) is 0 Å². The summed E-state index contributed by atoms with van der Waals surface area (Å²) in [4.78, 5) is 12.2. The maximum Gasteiger partial charge on any atom is 0.171 e. The largest absolute Gasteiger partial charge is 0.294 e. The van der Waals surface area contributed by atoms with Crippen molar-refractivity contribution in [1.82, 2.24) is 9.78 Å². The van der Waals surface area contributed by atoms with E-state index in [0.717, 1.165) is 11.8 Å². The summed E-state index contributed by atoms with van der Waals surface area (Å²) in [5.41, 5.74) is 1.32. The molecule has 1 aromatic heterocycles. The number of hydrogen-bond donors (Lipinski definition) is 0. The van der Waals surface area contributed by atoms with Crippen LogP contribution < -0.4 is 0 Å². The van der Waals surface area contributed by atoms with Crippen LogP contribution in [0.1, 0.15) is 28.7 Å². The zero-order valence-electron chi connectivity index (χ0n) is 11.1. The molecule has 0 aliphatic heterocycles. The SMILES string of the molecule is CCc1nn(C)c(CC(=O)c2ccc(Cl)cc2F)c1Cl. The van der Waals surface area contributed by atoms with Gasteiger partial charge in [0.05, 0.1) is 28.4 Å².